The molecule has 5 heteroatoms. The summed E-state index contributed by atoms with van der Waals surface area (Å²) in [5, 5.41) is 11.6. The average Bonchev–Trinajstić information content (AvgIpc) is 3.24. The molecule has 4 rings (SSSR count). The molecule has 26 heavy (non-hydrogen) atoms. The van der Waals surface area contributed by atoms with E-state index in [4.69, 9.17) is 0 Å². The Balaban J connectivity index is 1.46. The van der Waals surface area contributed by atoms with Crippen molar-refractivity contribution in [2.24, 2.45) is 0 Å². The largest absolute Gasteiger partial charge is 0.350 e. The van der Waals surface area contributed by atoms with Crippen molar-refractivity contribution in [2.75, 3.05) is 6.54 Å². The highest BCUT2D eigenvalue weighted by molar-refractivity contribution is 5.94. The molecule has 136 valence electrons. The van der Waals surface area contributed by atoms with Crippen molar-refractivity contribution in [3.8, 4) is 0 Å². The normalized spacial score (nSPS) is 14.0. The Hall–Kier alpha value is -2.56. The van der Waals surface area contributed by atoms with Crippen LogP contribution in [0.4, 0.5) is 0 Å². The van der Waals surface area contributed by atoms with Crippen molar-refractivity contribution in [2.45, 2.75) is 52.0 Å². The summed E-state index contributed by atoms with van der Waals surface area (Å²) in [6.45, 7) is 5.00. The number of hydrogen-bond donors (Lipinski definition) is 2. The fourth-order valence-electron chi connectivity index (χ4n) is 3.97. The van der Waals surface area contributed by atoms with E-state index in [1.54, 1.807) is 0 Å². The van der Waals surface area contributed by atoms with Crippen molar-refractivity contribution in [3.05, 3.63) is 53.0 Å². The van der Waals surface area contributed by atoms with Crippen LogP contribution in [0.3, 0.4) is 0 Å². The maximum absolute atomic E-state index is 12.5. The van der Waals surface area contributed by atoms with Crippen LogP contribution in [0.2, 0.25) is 0 Å². The first-order valence-corrected chi connectivity index (χ1v) is 9.58. The lowest BCUT2D eigenvalue weighted by Gasteiger charge is -2.11. The topological polar surface area (TPSA) is 62.7 Å². The van der Waals surface area contributed by atoms with Gasteiger partial charge in [-0.3, -0.25) is 9.89 Å². The number of para-hydroxylation sites is 1. The number of rotatable bonds is 5. The highest BCUT2D eigenvalue weighted by Crippen LogP contribution is 2.25. The van der Waals surface area contributed by atoms with Gasteiger partial charge in [-0.1, -0.05) is 18.2 Å². The van der Waals surface area contributed by atoms with Crippen LogP contribution in [0.15, 0.2) is 30.5 Å². The predicted octanol–water partition coefficient (Wildman–Crippen LogP) is 3.80. The maximum Gasteiger partial charge on any atom is 0.272 e. The van der Waals surface area contributed by atoms with Crippen molar-refractivity contribution in [1.82, 2.24) is 20.1 Å². The first-order chi connectivity index (χ1) is 12.6. The maximum atomic E-state index is 12.5. The predicted molar refractivity (Wildman–Crippen MR) is 104 cm³/mol. The molecule has 0 atom stereocenters. The zero-order valence-corrected chi connectivity index (χ0v) is 15.5. The lowest BCUT2D eigenvalue weighted by Crippen LogP contribution is -2.27. The summed E-state index contributed by atoms with van der Waals surface area (Å²) in [4.78, 5) is 12.5. The number of fused-ring (bicyclic) bond motifs is 2. The van der Waals surface area contributed by atoms with Crippen LogP contribution in [0.1, 0.15) is 60.0 Å². The van der Waals surface area contributed by atoms with Gasteiger partial charge in [0.25, 0.3) is 5.91 Å². The molecule has 1 aliphatic carbocycles. The standard InChI is InChI=1S/C21H26N4O/c1-14(2)25-13-15(16-7-4-6-10-19(16)25)11-12-22-21(26)20-17-8-3-5-9-18(17)23-24-20/h4,6-7,10,13-14H,3,5,8-9,11-12H2,1-2H3,(H,22,26)(H,23,24). The summed E-state index contributed by atoms with van der Waals surface area (Å²) >= 11 is 0. The fourth-order valence-corrected chi connectivity index (χ4v) is 3.97. The molecule has 0 radical (unpaired) electrons. The van der Waals surface area contributed by atoms with E-state index in [0.717, 1.165) is 36.9 Å². The molecular weight excluding hydrogens is 324 g/mol. The molecule has 1 aliphatic rings. The highest BCUT2D eigenvalue weighted by atomic mass is 16.1. The number of aryl methyl sites for hydroxylation is 1. The van der Waals surface area contributed by atoms with E-state index in [0.29, 0.717) is 18.3 Å². The summed E-state index contributed by atoms with van der Waals surface area (Å²) in [7, 11) is 0. The van der Waals surface area contributed by atoms with Gasteiger partial charge in [0.05, 0.1) is 0 Å². The summed E-state index contributed by atoms with van der Waals surface area (Å²) in [6, 6.07) is 8.89. The summed E-state index contributed by atoms with van der Waals surface area (Å²) in [6.07, 6.45) is 7.31. The van der Waals surface area contributed by atoms with E-state index in [-0.39, 0.29) is 5.91 Å². The second-order valence-corrected chi connectivity index (χ2v) is 7.41. The Bertz CT molecular complexity index is 935. The SMILES string of the molecule is CC(C)n1cc(CCNC(=O)c2n[nH]c3c2CCCC3)c2ccccc21. The molecule has 0 bridgehead atoms. The van der Waals surface area contributed by atoms with Gasteiger partial charge < -0.3 is 9.88 Å². The van der Waals surface area contributed by atoms with Gasteiger partial charge in [0.1, 0.15) is 0 Å². The Morgan fingerprint density at radius 3 is 2.92 bits per heavy atom. The first kappa shape index (κ1) is 16.9. The fraction of sp³-hybridized carbons (Fsp3) is 0.429. The number of aromatic amines is 1. The minimum Gasteiger partial charge on any atom is -0.350 e. The van der Waals surface area contributed by atoms with Gasteiger partial charge >= 0.3 is 0 Å². The number of aromatic nitrogens is 3. The van der Waals surface area contributed by atoms with Gasteiger partial charge in [0.15, 0.2) is 5.69 Å². The van der Waals surface area contributed by atoms with Gasteiger partial charge in [-0.05, 0) is 57.6 Å². The van der Waals surface area contributed by atoms with Crippen LogP contribution in [-0.2, 0) is 19.3 Å². The third-order valence-corrected chi connectivity index (χ3v) is 5.33. The zero-order valence-electron chi connectivity index (χ0n) is 15.5. The van der Waals surface area contributed by atoms with Crippen LogP contribution >= 0.6 is 0 Å². The van der Waals surface area contributed by atoms with Gasteiger partial charge in [0, 0.05) is 40.9 Å². The summed E-state index contributed by atoms with van der Waals surface area (Å²) in [5.74, 6) is -0.0583. The molecule has 2 heterocycles. The van der Waals surface area contributed by atoms with Crippen molar-refractivity contribution in [3.63, 3.8) is 0 Å². The highest BCUT2D eigenvalue weighted by Gasteiger charge is 2.21. The lowest BCUT2D eigenvalue weighted by atomic mass is 9.96. The number of nitrogens with one attached hydrogen (secondary N) is 2. The van der Waals surface area contributed by atoms with Gasteiger partial charge in [-0.2, -0.15) is 5.10 Å². The molecule has 5 nitrogen and oxygen atoms in total. The molecule has 2 aromatic heterocycles. The van der Waals surface area contributed by atoms with E-state index in [1.165, 1.54) is 22.9 Å². The Morgan fingerprint density at radius 1 is 1.27 bits per heavy atom. The molecule has 0 saturated heterocycles. The third-order valence-electron chi connectivity index (χ3n) is 5.33. The molecule has 0 spiro atoms. The molecule has 3 aromatic rings. The molecule has 0 unspecified atom stereocenters. The zero-order chi connectivity index (χ0) is 18.1. The van der Waals surface area contributed by atoms with Gasteiger partial charge in [-0.15, -0.1) is 0 Å². The summed E-state index contributed by atoms with van der Waals surface area (Å²) in [5.41, 5.74) is 5.37. The van der Waals surface area contributed by atoms with Crippen LogP contribution in [0, 0.1) is 0 Å². The Labute approximate surface area is 153 Å². The number of hydrogen-bond acceptors (Lipinski definition) is 2. The smallest absolute Gasteiger partial charge is 0.272 e. The van der Waals surface area contributed by atoms with E-state index in [9.17, 15) is 4.79 Å². The number of H-pyrrole nitrogens is 1. The second-order valence-electron chi connectivity index (χ2n) is 7.41. The number of nitrogens with zero attached hydrogens (tertiary/aromatic N) is 2. The van der Waals surface area contributed by atoms with Crippen LogP contribution in [0.25, 0.3) is 10.9 Å². The minimum absolute atomic E-state index is 0.0583. The van der Waals surface area contributed by atoms with Crippen LogP contribution < -0.4 is 5.32 Å². The Morgan fingerprint density at radius 2 is 2.08 bits per heavy atom. The van der Waals surface area contributed by atoms with E-state index < -0.39 is 0 Å². The number of amides is 1. The number of carbonyl (C=O) groups is 1. The molecule has 0 aliphatic heterocycles. The quantitative estimate of drug-likeness (QED) is 0.735. The number of carbonyl (C=O) groups excluding carboxylic acids is 1. The van der Waals surface area contributed by atoms with E-state index in [2.05, 4.69) is 64.4 Å². The minimum atomic E-state index is -0.0583. The lowest BCUT2D eigenvalue weighted by molar-refractivity contribution is 0.0948. The van der Waals surface area contributed by atoms with Crippen molar-refractivity contribution in [1.29, 1.82) is 0 Å². The molecule has 2 N–H and O–H groups in total. The van der Waals surface area contributed by atoms with Gasteiger partial charge in [0.2, 0.25) is 0 Å². The monoisotopic (exact) mass is 350 g/mol. The van der Waals surface area contributed by atoms with Gasteiger partial charge in [-0.25, -0.2) is 0 Å². The first-order valence-electron chi connectivity index (χ1n) is 9.58. The number of benzene rings is 1. The molecule has 1 aromatic carbocycles. The molecule has 0 fully saturated rings. The third kappa shape index (κ3) is 3.02. The molecule has 1 amide bonds. The summed E-state index contributed by atoms with van der Waals surface area (Å²) < 4.78 is 2.30. The van der Waals surface area contributed by atoms with Crippen LogP contribution in [-0.4, -0.2) is 27.2 Å². The van der Waals surface area contributed by atoms with Crippen LogP contribution in [0.5, 0.6) is 0 Å². The van der Waals surface area contributed by atoms with Crippen molar-refractivity contribution < 1.29 is 4.79 Å². The molecule has 0 saturated carbocycles. The molecular formula is C21H26N4O. The van der Waals surface area contributed by atoms with E-state index in [1.807, 2.05) is 0 Å². The van der Waals surface area contributed by atoms with E-state index >= 15 is 0 Å². The van der Waals surface area contributed by atoms with Crippen molar-refractivity contribution >= 4 is 16.8 Å². The average molecular weight is 350 g/mol. The Kier molecular flexibility index (Phi) is 4.53. The second kappa shape index (κ2) is 6.98.